The van der Waals surface area contributed by atoms with Gasteiger partial charge >= 0.3 is 6.03 Å². The van der Waals surface area contributed by atoms with Gasteiger partial charge in [0.05, 0.1) is 25.8 Å². The van der Waals surface area contributed by atoms with E-state index in [2.05, 4.69) is 5.32 Å². The van der Waals surface area contributed by atoms with Crippen molar-refractivity contribution < 1.29 is 19.1 Å². The van der Waals surface area contributed by atoms with Crippen LogP contribution in [-0.4, -0.2) is 32.7 Å². The monoisotopic (exact) mass is 264 g/mol. The highest BCUT2D eigenvalue weighted by molar-refractivity contribution is 6.07. The average molecular weight is 264 g/mol. The van der Waals surface area contributed by atoms with E-state index in [4.69, 9.17) is 9.47 Å². The first kappa shape index (κ1) is 13.2. The third-order valence-electron chi connectivity index (χ3n) is 3.06. The predicted octanol–water partition coefficient (Wildman–Crippen LogP) is 1.40. The average Bonchev–Trinajstić information content (AvgIpc) is 2.42. The number of nitrogens with one attached hydrogen (secondary N) is 1. The molecule has 6 nitrogen and oxygen atoms in total. The molecule has 1 heterocycles. The van der Waals surface area contributed by atoms with Gasteiger partial charge in [0.2, 0.25) is 5.91 Å². The van der Waals surface area contributed by atoms with Crippen molar-refractivity contribution >= 4 is 17.6 Å². The summed E-state index contributed by atoms with van der Waals surface area (Å²) in [5, 5.41) is 2.32. The van der Waals surface area contributed by atoms with Crippen molar-refractivity contribution in [2.45, 2.75) is 6.92 Å². The lowest BCUT2D eigenvalue weighted by molar-refractivity contribution is -0.123. The molecule has 1 fully saturated rings. The smallest absolute Gasteiger partial charge is 0.328 e. The number of ether oxygens (including phenoxy) is 2. The minimum atomic E-state index is -0.438. The van der Waals surface area contributed by atoms with Crippen molar-refractivity contribution in [1.29, 1.82) is 0 Å². The van der Waals surface area contributed by atoms with Crippen LogP contribution in [0.25, 0.3) is 0 Å². The Balaban J connectivity index is 2.35. The summed E-state index contributed by atoms with van der Waals surface area (Å²) in [4.78, 5) is 24.8. The molecule has 1 aliphatic rings. The number of imide groups is 1. The number of nitrogens with zero attached hydrogens (tertiary/aromatic N) is 1. The highest BCUT2D eigenvalue weighted by Gasteiger charge is 2.31. The van der Waals surface area contributed by atoms with Crippen molar-refractivity contribution in [3.63, 3.8) is 0 Å². The first-order valence-corrected chi connectivity index (χ1v) is 5.91. The summed E-state index contributed by atoms with van der Waals surface area (Å²) in [5.74, 6) is 0.649. The molecule has 0 radical (unpaired) electrons. The number of hydrogen-bond acceptors (Lipinski definition) is 4. The molecule has 1 aromatic rings. The van der Waals surface area contributed by atoms with E-state index in [9.17, 15) is 9.59 Å². The maximum atomic E-state index is 11.9. The molecule has 0 saturated carbocycles. The SMILES string of the molecule is COc1ccc(N2CC(C)C(=O)NC2=O)c(OC)c1. The molecule has 1 atom stereocenters. The van der Waals surface area contributed by atoms with E-state index in [1.807, 2.05) is 0 Å². The van der Waals surface area contributed by atoms with E-state index in [1.165, 1.54) is 12.0 Å². The number of rotatable bonds is 3. The minimum Gasteiger partial charge on any atom is -0.497 e. The van der Waals surface area contributed by atoms with E-state index in [0.29, 0.717) is 23.7 Å². The molecule has 1 N–H and O–H groups in total. The Hall–Kier alpha value is -2.24. The number of anilines is 1. The minimum absolute atomic E-state index is 0.256. The van der Waals surface area contributed by atoms with Gasteiger partial charge in [-0.05, 0) is 12.1 Å². The molecule has 1 unspecified atom stereocenters. The molecule has 0 aliphatic carbocycles. The van der Waals surface area contributed by atoms with Crippen molar-refractivity contribution in [2.24, 2.45) is 5.92 Å². The highest BCUT2D eigenvalue weighted by atomic mass is 16.5. The fourth-order valence-electron chi connectivity index (χ4n) is 1.95. The highest BCUT2D eigenvalue weighted by Crippen LogP contribution is 2.33. The molecule has 0 bridgehead atoms. The van der Waals surface area contributed by atoms with E-state index in [-0.39, 0.29) is 11.8 Å². The van der Waals surface area contributed by atoms with E-state index < -0.39 is 6.03 Å². The van der Waals surface area contributed by atoms with Gasteiger partial charge in [0.15, 0.2) is 0 Å². The zero-order chi connectivity index (χ0) is 14.0. The van der Waals surface area contributed by atoms with Crippen LogP contribution in [-0.2, 0) is 4.79 Å². The lowest BCUT2D eigenvalue weighted by atomic mass is 10.1. The zero-order valence-electron chi connectivity index (χ0n) is 11.1. The molecular weight excluding hydrogens is 248 g/mol. The molecular formula is C13H16N2O4. The Bertz CT molecular complexity index is 515. The van der Waals surface area contributed by atoms with Crippen molar-refractivity contribution in [3.8, 4) is 11.5 Å². The van der Waals surface area contributed by atoms with Gasteiger partial charge in [-0.25, -0.2) is 4.79 Å². The van der Waals surface area contributed by atoms with E-state index in [0.717, 1.165) is 0 Å². The summed E-state index contributed by atoms with van der Waals surface area (Å²) < 4.78 is 10.4. The number of benzene rings is 1. The predicted molar refractivity (Wildman–Crippen MR) is 69.6 cm³/mol. The van der Waals surface area contributed by atoms with Gasteiger partial charge < -0.3 is 9.47 Å². The van der Waals surface area contributed by atoms with E-state index in [1.54, 1.807) is 32.2 Å². The van der Waals surface area contributed by atoms with Gasteiger partial charge in [-0.15, -0.1) is 0 Å². The number of methoxy groups -OCH3 is 2. The standard InChI is InChI=1S/C13H16N2O4/c1-8-7-15(13(17)14-12(8)16)10-5-4-9(18-2)6-11(10)19-3/h4-6,8H,7H2,1-3H3,(H,14,16,17). The quantitative estimate of drug-likeness (QED) is 0.896. The summed E-state index contributed by atoms with van der Waals surface area (Å²) in [5.41, 5.74) is 0.611. The van der Waals surface area contributed by atoms with Crippen molar-refractivity contribution in [1.82, 2.24) is 5.32 Å². The first-order chi connectivity index (χ1) is 9.06. The van der Waals surface area contributed by atoms with Gasteiger partial charge in [0, 0.05) is 12.6 Å². The van der Waals surface area contributed by atoms with Gasteiger partial charge in [0.1, 0.15) is 11.5 Å². The molecule has 6 heteroatoms. The van der Waals surface area contributed by atoms with E-state index >= 15 is 0 Å². The second kappa shape index (κ2) is 5.17. The number of hydrogen-bond donors (Lipinski definition) is 1. The summed E-state index contributed by atoms with van der Waals surface area (Å²) in [6.07, 6.45) is 0. The van der Waals surface area contributed by atoms with Crippen LogP contribution in [0.5, 0.6) is 11.5 Å². The number of amides is 3. The fourth-order valence-corrected chi connectivity index (χ4v) is 1.95. The van der Waals surface area contributed by atoms with Crippen LogP contribution >= 0.6 is 0 Å². The van der Waals surface area contributed by atoms with Gasteiger partial charge in [0.25, 0.3) is 0 Å². The second-order valence-corrected chi connectivity index (χ2v) is 4.34. The van der Waals surface area contributed by atoms with Crippen LogP contribution in [0.15, 0.2) is 18.2 Å². The largest absolute Gasteiger partial charge is 0.497 e. The maximum absolute atomic E-state index is 11.9. The van der Waals surface area contributed by atoms with Crippen LogP contribution < -0.4 is 19.7 Å². The van der Waals surface area contributed by atoms with Crippen LogP contribution in [0, 0.1) is 5.92 Å². The summed E-state index contributed by atoms with van der Waals surface area (Å²) in [7, 11) is 3.08. The molecule has 19 heavy (non-hydrogen) atoms. The van der Waals surface area contributed by atoms with Crippen molar-refractivity contribution in [2.75, 3.05) is 25.7 Å². The Morgan fingerprint density at radius 1 is 1.26 bits per heavy atom. The Morgan fingerprint density at radius 3 is 2.63 bits per heavy atom. The van der Waals surface area contributed by atoms with Crippen LogP contribution in [0.4, 0.5) is 10.5 Å². The Labute approximate surface area is 111 Å². The molecule has 1 aliphatic heterocycles. The zero-order valence-corrected chi connectivity index (χ0v) is 11.1. The maximum Gasteiger partial charge on any atom is 0.328 e. The third kappa shape index (κ3) is 2.47. The molecule has 2 rings (SSSR count). The van der Waals surface area contributed by atoms with Crippen LogP contribution in [0.2, 0.25) is 0 Å². The molecule has 1 saturated heterocycles. The van der Waals surface area contributed by atoms with Crippen LogP contribution in [0.3, 0.4) is 0 Å². The second-order valence-electron chi connectivity index (χ2n) is 4.34. The number of carbonyl (C=O) groups is 2. The normalized spacial score (nSPS) is 19.1. The van der Waals surface area contributed by atoms with Crippen molar-refractivity contribution in [3.05, 3.63) is 18.2 Å². The summed E-state index contributed by atoms with van der Waals surface area (Å²) in [6.45, 7) is 2.10. The number of urea groups is 1. The lowest BCUT2D eigenvalue weighted by Crippen LogP contribution is -2.54. The molecule has 0 spiro atoms. The molecule has 3 amide bonds. The topological polar surface area (TPSA) is 67.9 Å². The summed E-state index contributed by atoms with van der Waals surface area (Å²) in [6, 6.07) is 4.74. The summed E-state index contributed by atoms with van der Waals surface area (Å²) >= 11 is 0. The number of carbonyl (C=O) groups excluding carboxylic acids is 2. The molecule has 102 valence electrons. The lowest BCUT2D eigenvalue weighted by Gasteiger charge is -2.31. The first-order valence-electron chi connectivity index (χ1n) is 5.91. The van der Waals surface area contributed by atoms with Gasteiger partial charge in [-0.1, -0.05) is 6.92 Å². The molecule has 1 aromatic carbocycles. The molecule has 0 aromatic heterocycles. The van der Waals surface area contributed by atoms with Gasteiger partial charge in [-0.2, -0.15) is 0 Å². The fraction of sp³-hybridized carbons (Fsp3) is 0.385. The Kier molecular flexibility index (Phi) is 3.59. The third-order valence-corrected chi connectivity index (χ3v) is 3.06. The van der Waals surface area contributed by atoms with Crippen LogP contribution in [0.1, 0.15) is 6.92 Å². The Morgan fingerprint density at radius 2 is 2.00 bits per heavy atom. The van der Waals surface area contributed by atoms with Gasteiger partial charge in [-0.3, -0.25) is 15.0 Å².